The molecule has 2 aliphatic heterocycles. The normalized spacial score (nSPS) is 36.1. The minimum atomic E-state index is -1.19. The number of carbonyl (C=O) groups excluding carboxylic acids is 1. The van der Waals surface area contributed by atoms with Crippen LogP contribution in [0.5, 0.6) is 0 Å². The molecule has 6 nitrogen and oxygen atoms in total. The number of esters is 1. The Balaban J connectivity index is 1.88. The number of hydrogen-bond acceptors (Lipinski definition) is 5. The van der Waals surface area contributed by atoms with E-state index in [-0.39, 0.29) is 12.2 Å². The van der Waals surface area contributed by atoms with Crippen molar-refractivity contribution in [2.75, 3.05) is 13.2 Å². The Hall–Kier alpha value is -1.40. The maximum Gasteiger partial charge on any atom is 0.331 e. The SMILES string of the molecule is C[C@H]1CO[C@H]2[C@@H]1OC[C@H]2OC(=O)C=CC(=O)O. The predicted octanol–water partition coefficient (Wildman–Crippen LogP) is -0.0273. The number of ether oxygens (including phenoxy) is 3. The lowest BCUT2D eigenvalue weighted by atomic mass is 10.0. The fourth-order valence-electron chi connectivity index (χ4n) is 2.08. The number of fused-ring (bicyclic) bond motifs is 1. The molecule has 0 aromatic heterocycles. The quantitative estimate of drug-likeness (QED) is 0.553. The molecule has 1 N–H and O–H groups in total. The number of rotatable bonds is 3. The highest BCUT2D eigenvalue weighted by Gasteiger charge is 2.47. The van der Waals surface area contributed by atoms with Crippen molar-refractivity contribution in [2.45, 2.75) is 25.2 Å². The number of hydrogen-bond donors (Lipinski definition) is 1. The molecule has 2 heterocycles. The minimum absolute atomic E-state index is 0.0312. The van der Waals surface area contributed by atoms with Crippen LogP contribution in [0.2, 0.25) is 0 Å². The predicted molar refractivity (Wildman–Crippen MR) is 55.3 cm³/mol. The smallest absolute Gasteiger partial charge is 0.331 e. The zero-order valence-corrected chi connectivity index (χ0v) is 9.37. The molecule has 2 saturated heterocycles. The summed E-state index contributed by atoms with van der Waals surface area (Å²) in [6, 6.07) is 0. The van der Waals surface area contributed by atoms with Crippen LogP contribution in [-0.4, -0.2) is 48.6 Å². The van der Waals surface area contributed by atoms with Gasteiger partial charge >= 0.3 is 11.9 Å². The van der Waals surface area contributed by atoms with Gasteiger partial charge in [0.1, 0.15) is 6.10 Å². The summed E-state index contributed by atoms with van der Waals surface area (Å²) in [4.78, 5) is 21.5. The molecule has 4 atom stereocenters. The zero-order valence-electron chi connectivity index (χ0n) is 9.37. The van der Waals surface area contributed by atoms with Gasteiger partial charge in [0.25, 0.3) is 0 Å². The average Bonchev–Trinajstić information content (AvgIpc) is 2.81. The van der Waals surface area contributed by atoms with Crippen LogP contribution < -0.4 is 0 Å². The molecule has 0 aromatic rings. The van der Waals surface area contributed by atoms with Crippen LogP contribution in [0.25, 0.3) is 0 Å². The van der Waals surface area contributed by atoms with Gasteiger partial charge in [-0.3, -0.25) is 0 Å². The molecule has 0 spiro atoms. The van der Waals surface area contributed by atoms with Crippen molar-refractivity contribution in [3.8, 4) is 0 Å². The fourth-order valence-corrected chi connectivity index (χ4v) is 2.08. The first-order valence-corrected chi connectivity index (χ1v) is 5.42. The molecule has 0 amide bonds. The Labute approximate surface area is 98.1 Å². The lowest BCUT2D eigenvalue weighted by Gasteiger charge is -2.15. The maximum atomic E-state index is 11.3. The van der Waals surface area contributed by atoms with E-state index in [2.05, 4.69) is 0 Å². The molecule has 0 saturated carbocycles. The van der Waals surface area contributed by atoms with Crippen LogP contribution in [0, 0.1) is 5.92 Å². The fraction of sp³-hybridized carbons (Fsp3) is 0.636. The summed E-state index contributed by atoms with van der Waals surface area (Å²) in [5.41, 5.74) is 0. The summed E-state index contributed by atoms with van der Waals surface area (Å²) in [5, 5.41) is 8.36. The van der Waals surface area contributed by atoms with E-state index in [0.29, 0.717) is 19.1 Å². The molecular weight excluding hydrogens is 228 g/mol. The van der Waals surface area contributed by atoms with Crippen molar-refractivity contribution in [1.29, 1.82) is 0 Å². The van der Waals surface area contributed by atoms with Crippen molar-refractivity contribution < 1.29 is 28.9 Å². The van der Waals surface area contributed by atoms with E-state index in [4.69, 9.17) is 19.3 Å². The molecule has 6 heteroatoms. The van der Waals surface area contributed by atoms with Gasteiger partial charge in [-0.05, 0) is 0 Å². The minimum Gasteiger partial charge on any atom is -0.478 e. The van der Waals surface area contributed by atoms with Gasteiger partial charge in [-0.15, -0.1) is 0 Å². The summed E-state index contributed by atoms with van der Waals surface area (Å²) in [6.07, 6.45) is 0.918. The first kappa shape index (κ1) is 12.1. The zero-order chi connectivity index (χ0) is 12.4. The van der Waals surface area contributed by atoms with Crippen LogP contribution >= 0.6 is 0 Å². The van der Waals surface area contributed by atoms with Crippen molar-refractivity contribution in [3.63, 3.8) is 0 Å². The van der Waals surface area contributed by atoms with Crippen molar-refractivity contribution in [2.24, 2.45) is 5.92 Å². The summed E-state index contributed by atoms with van der Waals surface area (Å²) >= 11 is 0. The molecule has 0 aromatic carbocycles. The number of aliphatic carboxylic acids is 1. The third-order valence-electron chi connectivity index (χ3n) is 2.89. The molecule has 2 rings (SSSR count). The van der Waals surface area contributed by atoms with Crippen LogP contribution in [0.15, 0.2) is 12.2 Å². The lowest BCUT2D eigenvalue weighted by Crippen LogP contribution is -2.32. The highest BCUT2D eigenvalue weighted by atomic mass is 16.6. The van der Waals surface area contributed by atoms with Gasteiger partial charge in [0.15, 0.2) is 6.10 Å². The maximum absolute atomic E-state index is 11.3. The van der Waals surface area contributed by atoms with E-state index < -0.39 is 18.0 Å². The first-order chi connectivity index (χ1) is 8.08. The van der Waals surface area contributed by atoms with Gasteiger partial charge in [-0.25, -0.2) is 9.59 Å². The Kier molecular flexibility index (Phi) is 3.44. The molecule has 0 unspecified atom stereocenters. The van der Waals surface area contributed by atoms with Crippen LogP contribution in [0.3, 0.4) is 0 Å². The molecule has 0 radical (unpaired) electrons. The molecule has 0 aliphatic carbocycles. The van der Waals surface area contributed by atoms with Crippen LogP contribution in [0.1, 0.15) is 6.92 Å². The molecule has 0 bridgehead atoms. The summed E-state index contributed by atoms with van der Waals surface area (Å²) in [5.74, 6) is -1.59. The van der Waals surface area contributed by atoms with Gasteiger partial charge in [0.2, 0.25) is 0 Å². The molecule has 94 valence electrons. The van der Waals surface area contributed by atoms with Crippen molar-refractivity contribution >= 4 is 11.9 Å². The van der Waals surface area contributed by atoms with E-state index >= 15 is 0 Å². The Bertz CT molecular complexity index is 350. The van der Waals surface area contributed by atoms with E-state index in [0.717, 1.165) is 12.2 Å². The Morgan fingerprint density at radius 2 is 1.94 bits per heavy atom. The van der Waals surface area contributed by atoms with Crippen molar-refractivity contribution in [1.82, 2.24) is 0 Å². The second-order valence-corrected chi connectivity index (χ2v) is 4.22. The largest absolute Gasteiger partial charge is 0.478 e. The second-order valence-electron chi connectivity index (χ2n) is 4.22. The number of carboxylic acids is 1. The molecule has 2 aliphatic rings. The van der Waals surface area contributed by atoms with Gasteiger partial charge in [0, 0.05) is 18.1 Å². The molecule has 17 heavy (non-hydrogen) atoms. The highest BCUT2D eigenvalue weighted by molar-refractivity contribution is 5.90. The standard InChI is InChI=1S/C11H14O6/c1-6-4-15-11-7(5-16-10(6)11)17-9(14)3-2-8(12)13/h2-3,6-7,10-11H,4-5H2,1H3,(H,12,13)/t6-,7+,10+,11+/m0/s1. The van der Waals surface area contributed by atoms with E-state index in [9.17, 15) is 9.59 Å². The van der Waals surface area contributed by atoms with Gasteiger partial charge in [0.05, 0.1) is 19.3 Å². The summed E-state index contributed by atoms with van der Waals surface area (Å²) < 4.78 is 16.1. The second kappa shape index (κ2) is 4.85. The third-order valence-corrected chi connectivity index (χ3v) is 2.89. The molecule has 2 fully saturated rings. The third kappa shape index (κ3) is 2.65. The Morgan fingerprint density at radius 1 is 1.24 bits per heavy atom. The number of carboxylic acid groups (broad SMARTS) is 1. The highest BCUT2D eigenvalue weighted by Crippen LogP contribution is 2.32. The summed E-state index contributed by atoms with van der Waals surface area (Å²) in [7, 11) is 0. The van der Waals surface area contributed by atoms with Crippen LogP contribution in [0.4, 0.5) is 0 Å². The van der Waals surface area contributed by atoms with Crippen LogP contribution in [-0.2, 0) is 23.8 Å². The topological polar surface area (TPSA) is 82.1 Å². The average molecular weight is 242 g/mol. The number of carbonyl (C=O) groups is 2. The first-order valence-electron chi connectivity index (χ1n) is 5.42. The van der Waals surface area contributed by atoms with E-state index in [1.165, 1.54) is 0 Å². The monoisotopic (exact) mass is 242 g/mol. The molecular formula is C11H14O6. The van der Waals surface area contributed by atoms with Gasteiger partial charge in [-0.1, -0.05) is 6.92 Å². The van der Waals surface area contributed by atoms with Gasteiger partial charge in [-0.2, -0.15) is 0 Å². The Morgan fingerprint density at radius 3 is 2.65 bits per heavy atom. The summed E-state index contributed by atoms with van der Waals surface area (Å²) in [6.45, 7) is 2.90. The van der Waals surface area contributed by atoms with Crippen molar-refractivity contribution in [3.05, 3.63) is 12.2 Å². The van der Waals surface area contributed by atoms with E-state index in [1.807, 2.05) is 6.92 Å². The van der Waals surface area contributed by atoms with Gasteiger partial charge < -0.3 is 19.3 Å². The lowest BCUT2D eigenvalue weighted by molar-refractivity contribution is -0.148. The van der Waals surface area contributed by atoms with E-state index in [1.54, 1.807) is 0 Å².